The van der Waals surface area contributed by atoms with E-state index in [9.17, 15) is 14.4 Å². The molecule has 2 heterocycles. The summed E-state index contributed by atoms with van der Waals surface area (Å²) in [5, 5.41) is 2.62. The van der Waals surface area contributed by atoms with E-state index < -0.39 is 23.9 Å². The number of furan rings is 1. The van der Waals surface area contributed by atoms with Crippen molar-refractivity contribution in [2.24, 2.45) is 0 Å². The number of hydrogen-bond acceptors (Lipinski definition) is 6. The first-order chi connectivity index (χ1) is 12.7. The van der Waals surface area contributed by atoms with Gasteiger partial charge in [-0.1, -0.05) is 0 Å². The van der Waals surface area contributed by atoms with Gasteiger partial charge in [0, 0.05) is 5.69 Å². The average molecular weight is 376 g/mol. The van der Waals surface area contributed by atoms with Gasteiger partial charge in [-0.2, -0.15) is 0 Å². The SMILES string of the molecule is Cc1[nH]c(C(=O)O[C@@H](C)C(=O)NCc2ccco2)c(C)c1C(=O)OC(C)C. The van der Waals surface area contributed by atoms with E-state index in [0.29, 0.717) is 22.6 Å². The van der Waals surface area contributed by atoms with Crippen LogP contribution in [-0.4, -0.2) is 35.0 Å². The summed E-state index contributed by atoms with van der Waals surface area (Å²) in [5.41, 5.74) is 1.34. The second-order valence-corrected chi connectivity index (χ2v) is 6.42. The monoisotopic (exact) mass is 376 g/mol. The normalized spacial score (nSPS) is 11.9. The fourth-order valence-corrected chi connectivity index (χ4v) is 2.54. The number of ether oxygens (including phenoxy) is 2. The molecule has 0 spiro atoms. The minimum atomic E-state index is -1.01. The lowest BCUT2D eigenvalue weighted by atomic mass is 10.1. The van der Waals surface area contributed by atoms with Crippen molar-refractivity contribution in [3.8, 4) is 0 Å². The van der Waals surface area contributed by atoms with Gasteiger partial charge in [0.15, 0.2) is 6.10 Å². The molecule has 0 fully saturated rings. The molecule has 0 radical (unpaired) electrons. The lowest BCUT2D eigenvalue weighted by Gasteiger charge is -2.13. The molecule has 0 unspecified atom stereocenters. The number of aromatic nitrogens is 1. The summed E-state index contributed by atoms with van der Waals surface area (Å²) in [4.78, 5) is 39.5. The number of aromatic amines is 1. The molecule has 0 saturated carbocycles. The highest BCUT2D eigenvalue weighted by atomic mass is 16.6. The number of rotatable bonds is 7. The standard InChI is InChI=1S/C19H24N2O6/c1-10(2)26-18(23)15-11(3)16(21-12(15)4)19(24)27-13(5)17(22)20-9-14-7-6-8-25-14/h6-8,10,13,21H,9H2,1-5H3,(H,20,22)/t13-/m0/s1. The van der Waals surface area contributed by atoms with Crippen LogP contribution in [0.25, 0.3) is 0 Å². The van der Waals surface area contributed by atoms with E-state index >= 15 is 0 Å². The minimum Gasteiger partial charge on any atom is -0.467 e. The number of amides is 1. The Kier molecular flexibility index (Phi) is 6.44. The molecule has 0 aliphatic carbocycles. The zero-order chi connectivity index (χ0) is 20.1. The second-order valence-electron chi connectivity index (χ2n) is 6.42. The zero-order valence-corrected chi connectivity index (χ0v) is 16.0. The Hall–Kier alpha value is -3.03. The van der Waals surface area contributed by atoms with E-state index in [4.69, 9.17) is 13.9 Å². The largest absolute Gasteiger partial charge is 0.467 e. The topological polar surface area (TPSA) is 111 Å². The smallest absolute Gasteiger partial charge is 0.355 e. The van der Waals surface area contributed by atoms with Gasteiger partial charge in [-0.05, 0) is 52.3 Å². The van der Waals surface area contributed by atoms with Crippen molar-refractivity contribution in [1.82, 2.24) is 10.3 Å². The Morgan fingerprint density at radius 1 is 1.15 bits per heavy atom. The summed E-state index contributed by atoms with van der Waals surface area (Å²) < 4.78 is 15.5. The molecule has 0 bridgehead atoms. The van der Waals surface area contributed by atoms with Crippen molar-refractivity contribution in [3.05, 3.63) is 46.7 Å². The van der Waals surface area contributed by atoms with E-state index in [-0.39, 0.29) is 18.3 Å². The maximum Gasteiger partial charge on any atom is 0.355 e. The Balaban J connectivity index is 2.02. The third-order valence-corrected chi connectivity index (χ3v) is 3.86. The zero-order valence-electron chi connectivity index (χ0n) is 16.0. The van der Waals surface area contributed by atoms with Crippen LogP contribution >= 0.6 is 0 Å². The van der Waals surface area contributed by atoms with Gasteiger partial charge in [0.1, 0.15) is 11.5 Å². The van der Waals surface area contributed by atoms with E-state index in [0.717, 1.165) is 0 Å². The van der Waals surface area contributed by atoms with E-state index in [1.807, 2.05) is 0 Å². The highest BCUT2D eigenvalue weighted by molar-refractivity contribution is 5.99. The molecule has 1 amide bonds. The van der Waals surface area contributed by atoms with Gasteiger partial charge in [0.05, 0.1) is 24.5 Å². The number of hydrogen-bond donors (Lipinski definition) is 2. The average Bonchev–Trinajstić information content (AvgIpc) is 3.19. The molecule has 0 aromatic carbocycles. The first kappa shape index (κ1) is 20.3. The third-order valence-electron chi connectivity index (χ3n) is 3.86. The van der Waals surface area contributed by atoms with E-state index in [1.165, 1.54) is 13.2 Å². The summed E-state index contributed by atoms with van der Waals surface area (Å²) in [7, 11) is 0. The molecule has 8 heteroatoms. The number of aryl methyl sites for hydroxylation is 1. The van der Waals surface area contributed by atoms with Gasteiger partial charge in [-0.3, -0.25) is 4.79 Å². The molecule has 0 saturated heterocycles. The number of H-pyrrole nitrogens is 1. The van der Waals surface area contributed by atoms with Gasteiger partial charge >= 0.3 is 11.9 Å². The Labute approximate surface area is 157 Å². The summed E-state index contributed by atoms with van der Waals surface area (Å²) in [6.45, 7) is 8.44. The van der Waals surface area contributed by atoms with Crippen LogP contribution in [0.4, 0.5) is 0 Å². The number of carbonyl (C=O) groups excluding carboxylic acids is 3. The molecule has 27 heavy (non-hydrogen) atoms. The van der Waals surface area contributed by atoms with Gasteiger partial charge in [-0.15, -0.1) is 0 Å². The first-order valence-electron chi connectivity index (χ1n) is 8.62. The minimum absolute atomic E-state index is 0.119. The van der Waals surface area contributed by atoms with Crippen molar-refractivity contribution in [2.45, 2.75) is 53.4 Å². The highest BCUT2D eigenvalue weighted by Gasteiger charge is 2.26. The molecule has 8 nitrogen and oxygen atoms in total. The van der Waals surface area contributed by atoms with Crippen LogP contribution < -0.4 is 5.32 Å². The summed E-state index contributed by atoms with van der Waals surface area (Å²) in [5.74, 6) is -1.11. The summed E-state index contributed by atoms with van der Waals surface area (Å²) in [6.07, 6.45) is 0.212. The third kappa shape index (κ3) is 4.99. The predicted octanol–water partition coefficient (Wildman–Crippen LogP) is 2.65. The van der Waals surface area contributed by atoms with Crippen LogP contribution in [0.2, 0.25) is 0 Å². The van der Waals surface area contributed by atoms with Crippen LogP contribution in [0.1, 0.15) is 58.6 Å². The Bertz CT molecular complexity index is 820. The van der Waals surface area contributed by atoms with Crippen molar-refractivity contribution in [3.63, 3.8) is 0 Å². The van der Waals surface area contributed by atoms with Gasteiger partial charge in [0.25, 0.3) is 5.91 Å². The lowest BCUT2D eigenvalue weighted by molar-refractivity contribution is -0.129. The highest BCUT2D eigenvalue weighted by Crippen LogP contribution is 2.20. The van der Waals surface area contributed by atoms with Crippen molar-refractivity contribution >= 4 is 17.8 Å². The molecule has 1 atom stereocenters. The molecule has 146 valence electrons. The predicted molar refractivity (Wildman–Crippen MR) is 96.3 cm³/mol. The first-order valence-corrected chi connectivity index (χ1v) is 8.62. The molecule has 2 N–H and O–H groups in total. The van der Waals surface area contributed by atoms with Crippen LogP contribution in [-0.2, 0) is 20.8 Å². The Morgan fingerprint density at radius 2 is 1.85 bits per heavy atom. The number of esters is 2. The maximum absolute atomic E-state index is 12.4. The molecule has 2 aromatic rings. The lowest BCUT2D eigenvalue weighted by Crippen LogP contribution is -2.35. The maximum atomic E-state index is 12.4. The van der Waals surface area contributed by atoms with Crippen LogP contribution in [0, 0.1) is 13.8 Å². The second kappa shape index (κ2) is 8.57. The van der Waals surface area contributed by atoms with Crippen LogP contribution in [0.15, 0.2) is 22.8 Å². The summed E-state index contributed by atoms with van der Waals surface area (Å²) >= 11 is 0. The molecule has 0 aliphatic heterocycles. The van der Waals surface area contributed by atoms with Crippen LogP contribution in [0.5, 0.6) is 0 Å². The quantitative estimate of drug-likeness (QED) is 0.719. The molecular weight excluding hydrogens is 352 g/mol. The molecule has 0 aliphatic rings. The summed E-state index contributed by atoms with van der Waals surface area (Å²) in [6, 6.07) is 3.43. The van der Waals surface area contributed by atoms with Crippen molar-refractivity contribution < 1.29 is 28.3 Å². The van der Waals surface area contributed by atoms with Crippen molar-refractivity contribution in [1.29, 1.82) is 0 Å². The molecular formula is C19H24N2O6. The fraction of sp³-hybridized carbons (Fsp3) is 0.421. The number of nitrogens with one attached hydrogen (secondary N) is 2. The fourth-order valence-electron chi connectivity index (χ4n) is 2.54. The van der Waals surface area contributed by atoms with Crippen LogP contribution in [0.3, 0.4) is 0 Å². The van der Waals surface area contributed by atoms with E-state index in [2.05, 4.69) is 10.3 Å². The van der Waals surface area contributed by atoms with Crippen molar-refractivity contribution in [2.75, 3.05) is 0 Å². The molecule has 2 rings (SSSR count). The van der Waals surface area contributed by atoms with Gasteiger partial charge in [0.2, 0.25) is 0 Å². The molecule has 2 aromatic heterocycles. The Morgan fingerprint density at radius 3 is 2.44 bits per heavy atom. The van der Waals surface area contributed by atoms with Gasteiger partial charge < -0.3 is 24.2 Å². The van der Waals surface area contributed by atoms with E-state index in [1.54, 1.807) is 39.8 Å². The number of carbonyl (C=O) groups is 3. The van der Waals surface area contributed by atoms with Gasteiger partial charge in [-0.25, -0.2) is 9.59 Å².